The molecule has 0 fully saturated rings. The van der Waals surface area contributed by atoms with E-state index in [2.05, 4.69) is 31.7 Å². The Labute approximate surface area is 108 Å². The Morgan fingerprint density at radius 2 is 2.29 bits per heavy atom. The minimum Gasteiger partial charge on any atom is -0.392 e. The Hall–Kier alpha value is -0.920. The molecule has 7 heteroatoms. The molecule has 17 heavy (non-hydrogen) atoms. The molecule has 96 valence electrons. The summed E-state index contributed by atoms with van der Waals surface area (Å²) in [6, 6.07) is 0. The van der Waals surface area contributed by atoms with E-state index in [1.165, 1.54) is 4.68 Å². The molecule has 1 aromatic rings. The van der Waals surface area contributed by atoms with Gasteiger partial charge in [0.15, 0.2) is 0 Å². The van der Waals surface area contributed by atoms with Crippen LogP contribution in [0.15, 0.2) is 15.5 Å². The first-order valence-corrected chi connectivity index (χ1v) is 6.16. The van der Waals surface area contributed by atoms with Gasteiger partial charge in [0.05, 0.1) is 18.0 Å². The molecule has 0 spiro atoms. The van der Waals surface area contributed by atoms with Gasteiger partial charge in [0, 0.05) is 26.7 Å². The molecule has 1 aromatic heterocycles. The number of halogens is 1. The third-order valence-corrected chi connectivity index (χ3v) is 2.90. The molecule has 0 aliphatic heterocycles. The summed E-state index contributed by atoms with van der Waals surface area (Å²) in [7, 11) is 1.60. The molecule has 0 aliphatic carbocycles. The van der Waals surface area contributed by atoms with Gasteiger partial charge >= 0.3 is 0 Å². The van der Waals surface area contributed by atoms with Crippen LogP contribution in [0.25, 0.3) is 0 Å². The van der Waals surface area contributed by atoms with Crippen LogP contribution < -0.4 is 16.2 Å². The van der Waals surface area contributed by atoms with Gasteiger partial charge in [0.2, 0.25) is 0 Å². The Morgan fingerprint density at radius 3 is 2.94 bits per heavy atom. The fraction of sp³-hybridized carbons (Fsp3) is 0.600. The van der Waals surface area contributed by atoms with E-state index in [1.807, 2.05) is 0 Å². The van der Waals surface area contributed by atoms with Crippen molar-refractivity contribution in [1.29, 1.82) is 0 Å². The van der Waals surface area contributed by atoms with Crippen LogP contribution in [0.5, 0.6) is 0 Å². The summed E-state index contributed by atoms with van der Waals surface area (Å²) >= 11 is 3.23. The second-order valence-electron chi connectivity index (χ2n) is 3.78. The van der Waals surface area contributed by atoms with Crippen molar-refractivity contribution in [3.63, 3.8) is 0 Å². The van der Waals surface area contributed by atoms with E-state index in [1.54, 1.807) is 20.2 Å². The van der Waals surface area contributed by atoms with Gasteiger partial charge in [-0.2, -0.15) is 5.10 Å². The molecule has 0 saturated heterocycles. The summed E-state index contributed by atoms with van der Waals surface area (Å²) in [5.41, 5.74) is 0.499. The second-order valence-corrected chi connectivity index (χ2v) is 4.57. The van der Waals surface area contributed by atoms with Gasteiger partial charge in [-0.05, 0) is 22.9 Å². The maximum Gasteiger partial charge on any atom is 0.282 e. The van der Waals surface area contributed by atoms with Gasteiger partial charge in [0.25, 0.3) is 5.56 Å². The molecule has 1 heterocycles. The molecule has 3 N–H and O–H groups in total. The minimum absolute atomic E-state index is 0.174. The fourth-order valence-electron chi connectivity index (χ4n) is 1.23. The number of rotatable bonds is 6. The Balaban J connectivity index is 2.42. The maximum atomic E-state index is 11.5. The smallest absolute Gasteiger partial charge is 0.282 e. The third-order valence-electron chi connectivity index (χ3n) is 2.14. The summed E-state index contributed by atoms with van der Waals surface area (Å²) in [4.78, 5) is 11.5. The van der Waals surface area contributed by atoms with Crippen LogP contribution in [-0.2, 0) is 7.05 Å². The highest BCUT2D eigenvalue weighted by molar-refractivity contribution is 9.10. The molecule has 0 radical (unpaired) electrons. The molecule has 0 amide bonds. The number of hydrogen-bond acceptors (Lipinski definition) is 5. The van der Waals surface area contributed by atoms with Crippen molar-refractivity contribution >= 4 is 21.6 Å². The highest BCUT2D eigenvalue weighted by atomic mass is 79.9. The number of aryl methyl sites for hydroxylation is 1. The van der Waals surface area contributed by atoms with Crippen molar-refractivity contribution in [3.8, 4) is 0 Å². The molecule has 1 unspecified atom stereocenters. The zero-order valence-electron chi connectivity index (χ0n) is 9.90. The van der Waals surface area contributed by atoms with Crippen LogP contribution in [0, 0.1) is 0 Å². The molecule has 1 atom stereocenters. The number of hydrogen-bond donors (Lipinski definition) is 3. The lowest BCUT2D eigenvalue weighted by Crippen LogP contribution is -2.29. The van der Waals surface area contributed by atoms with Crippen molar-refractivity contribution in [2.24, 2.45) is 7.05 Å². The SMILES string of the molecule is CC(O)CNCCNc1cnn(C)c(=O)c1Br. The summed E-state index contributed by atoms with van der Waals surface area (Å²) in [5.74, 6) is 0. The maximum absolute atomic E-state index is 11.5. The van der Waals surface area contributed by atoms with E-state index in [4.69, 9.17) is 5.11 Å². The van der Waals surface area contributed by atoms with E-state index < -0.39 is 0 Å². The van der Waals surface area contributed by atoms with E-state index in [-0.39, 0.29) is 11.7 Å². The minimum atomic E-state index is -0.354. The molecular weight excluding hydrogens is 288 g/mol. The number of anilines is 1. The van der Waals surface area contributed by atoms with Crippen molar-refractivity contribution in [3.05, 3.63) is 21.0 Å². The van der Waals surface area contributed by atoms with Gasteiger partial charge in [-0.25, -0.2) is 4.68 Å². The Bertz CT molecular complexity index is 419. The van der Waals surface area contributed by atoms with Gasteiger partial charge in [-0.3, -0.25) is 4.79 Å². The van der Waals surface area contributed by atoms with Gasteiger partial charge < -0.3 is 15.7 Å². The summed E-state index contributed by atoms with van der Waals surface area (Å²) < 4.78 is 1.74. The highest BCUT2D eigenvalue weighted by Crippen LogP contribution is 2.14. The largest absolute Gasteiger partial charge is 0.392 e. The first-order chi connectivity index (χ1) is 8.02. The number of aromatic nitrogens is 2. The van der Waals surface area contributed by atoms with Crippen molar-refractivity contribution < 1.29 is 5.11 Å². The normalized spacial score (nSPS) is 12.5. The lowest BCUT2D eigenvalue weighted by atomic mass is 10.4. The van der Waals surface area contributed by atoms with E-state index >= 15 is 0 Å². The summed E-state index contributed by atoms with van der Waals surface area (Å²) in [5, 5.41) is 19.1. The fourth-order valence-corrected chi connectivity index (χ4v) is 1.73. The standard InChI is InChI=1S/C10H17BrN4O2/c1-7(16)5-12-3-4-13-8-6-14-15(2)10(17)9(8)11/h6-7,12-13,16H,3-5H2,1-2H3. The zero-order chi connectivity index (χ0) is 12.8. The van der Waals surface area contributed by atoms with Crippen LogP contribution in [0.3, 0.4) is 0 Å². The Kier molecular flexibility index (Phi) is 5.60. The molecule has 0 aromatic carbocycles. The van der Waals surface area contributed by atoms with Crippen LogP contribution in [0.2, 0.25) is 0 Å². The Morgan fingerprint density at radius 1 is 1.59 bits per heavy atom. The lowest BCUT2D eigenvalue weighted by molar-refractivity contribution is 0.192. The van der Waals surface area contributed by atoms with E-state index in [0.717, 1.165) is 0 Å². The predicted molar refractivity (Wildman–Crippen MR) is 70.2 cm³/mol. The van der Waals surface area contributed by atoms with Crippen LogP contribution >= 0.6 is 15.9 Å². The van der Waals surface area contributed by atoms with Crippen LogP contribution in [-0.4, -0.2) is 40.6 Å². The van der Waals surface area contributed by atoms with E-state index in [0.29, 0.717) is 29.8 Å². The molecule has 0 saturated carbocycles. The van der Waals surface area contributed by atoms with Crippen LogP contribution in [0.1, 0.15) is 6.92 Å². The highest BCUT2D eigenvalue weighted by Gasteiger charge is 2.05. The molecule has 1 rings (SSSR count). The van der Waals surface area contributed by atoms with Crippen molar-refractivity contribution in [2.45, 2.75) is 13.0 Å². The van der Waals surface area contributed by atoms with Gasteiger partial charge in [-0.15, -0.1) is 0 Å². The van der Waals surface area contributed by atoms with Gasteiger partial charge in [0.1, 0.15) is 4.47 Å². The second kappa shape index (κ2) is 6.73. The lowest BCUT2D eigenvalue weighted by Gasteiger charge is -2.10. The number of aliphatic hydroxyl groups excluding tert-OH is 1. The molecule has 0 aliphatic rings. The number of nitrogens with zero attached hydrogens (tertiary/aromatic N) is 2. The molecule has 6 nitrogen and oxygen atoms in total. The quantitative estimate of drug-likeness (QED) is 0.641. The average Bonchev–Trinajstić information content (AvgIpc) is 2.28. The third kappa shape index (κ3) is 4.45. The molecular formula is C10H17BrN4O2. The predicted octanol–water partition coefficient (Wildman–Crippen LogP) is -0.0749. The first kappa shape index (κ1) is 14.1. The van der Waals surface area contributed by atoms with Crippen molar-refractivity contribution in [2.75, 3.05) is 25.0 Å². The summed E-state index contributed by atoms with van der Waals surface area (Å²) in [6.45, 7) is 3.63. The number of nitrogens with one attached hydrogen (secondary N) is 2. The monoisotopic (exact) mass is 304 g/mol. The topological polar surface area (TPSA) is 79.2 Å². The molecule has 0 bridgehead atoms. The van der Waals surface area contributed by atoms with E-state index in [9.17, 15) is 4.79 Å². The summed E-state index contributed by atoms with van der Waals surface area (Å²) in [6.07, 6.45) is 1.24. The number of aliphatic hydroxyl groups is 1. The zero-order valence-corrected chi connectivity index (χ0v) is 11.5. The first-order valence-electron chi connectivity index (χ1n) is 5.37. The van der Waals surface area contributed by atoms with Crippen molar-refractivity contribution in [1.82, 2.24) is 15.1 Å². The van der Waals surface area contributed by atoms with Gasteiger partial charge in [-0.1, -0.05) is 0 Å². The average molecular weight is 305 g/mol. The van der Waals surface area contributed by atoms with Crippen LogP contribution in [0.4, 0.5) is 5.69 Å².